The smallest absolute Gasteiger partial charge is 0.320 e. The van der Waals surface area contributed by atoms with E-state index in [4.69, 9.17) is 0 Å². The largest absolute Gasteiger partial charge is 0.480 e. The van der Waals surface area contributed by atoms with E-state index in [-0.39, 0.29) is 0 Å². The van der Waals surface area contributed by atoms with E-state index in [0.717, 1.165) is 21.2 Å². The fraction of sp³-hybridized carbons (Fsp3) is 0.312. The van der Waals surface area contributed by atoms with Crippen molar-refractivity contribution >= 4 is 33.2 Å². The van der Waals surface area contributed by atoms with Crippen molar-refractivity contribution in [3.05, 3.63) is 56.2 Å². The van der Waals surface area contributed by atoms with Gasteiger partial charge in [0.2, 0.25) is 0 Å². The third kappa shape index (κ3) is 3.32. The van der Waals surface area contributed by atoms with Crippen LogP contribution in [0.4, 0.5) is 8.78 Å². The van der Waals surface area contributed by atoms with E-state index in [2.05, 4.69) is 15.9 Å². The van der Waals surface area contributed by atoms with Gasteiger partial charge in [-0.1, -0.05) is 6.07 Å². The fourth-order valence-electron chi connectivity index (χ4n) is 3.06. The summed E-state index contributed by atoms with van der Waals surface area (Å²) < 4.78 is 28.5. The van der Waals surface area contributed by atoms with E-state index in [0.29, 0.717) is 18.5 Å². The number of hydrogen-bond acceptors (Lipinski definition) is 3. The van der Waals surface area contributed by atoms with Gasteiger partial charge in [0.25, 0.3) is 0 Å². The Morgan fingerprint density at radius 3 is 2.74 bits per heavy atom. The van der Waals surface area contributed by atoms with Crippen LogP contribution >= 0.6 is 27.3 Å². The Kier molecular flexibility index (Phi) is 4.79. The van der Waals surface area contributed by atoms with Gasteiger partial charge in [-0.2, -0.15) is 0 Å². The maximum Gasteiger partial charge on any atom is 0.320 e. The van der Waals surface area contributed by atoms with Crippen molar-refractivity contribution < 1.29 is 18.7 Å². The molecule has 0 radical (unpaired) electrons. The van der Waals surface area contributed by atoms with Gasteiger partial charge >= 0.3 is 5.97 Å². The third-order valence-corrected chi connectivity index (χ3v) is 5.71. The maximum absolute atomic E-state index is 14.4. The first-order valence-electron chi connectivity index (χ1n) is 7.16. The highest BCUT2D eigenvalue weighted by Crippen LogP contribution is 2.40. The Balaban J connectivity index is 2.09. The van der Waals surface area contributed by atoms with Gasteiger partial charge in [-0.25, -0.2) is 8.78 Å². The lowest BCUT2D eigenvalue weighted by Crippen LogP contribution is -2.39. The van der Waals surface area contributed by atoms with Crippen molar-refractivity contribution in [3.63, 3.8) is 0 Å². The molecule has 0 amide bonds. The molecule has 0 bridgehead atoms. The predicted octanol–water partition coefficient (Wildman–Crippen LogP) is 4.43. The normalized spacial score (nSPS) is 19.9. The number of thiophene rings is 1. The van der Waals surface area contributed by atoms with Gasteiger partial charge in [0.05, 0.1) is 9.83 Å². The van der Waals surface area contributed by atoms with E-state index < -0.39 is 29.7 Å². The first-order chi connectivity index (χ1) is 11.0. The van der Waals surface area contributed by atoms with Gasteiger partial charge in [0, 0.05) is 23.1 Å². The lowest BCUT2D eigenvalue weighted by atomic mass is 10.0. The minimum absolute atomic E-state index is 0.300. The van der Waals surface area contributed by atoms with Crippen LogP contribution in [0.15, 0.2) is 34.1 Å². The van der Waals surface area contributed by atoms with Crippen molar-refractivity contribution in [2.75, 3.05) is 6.54 Å². The lowest BCUT2D eigenvalue weighted by Gasteiger charge is -2.31. The summed E-state index contributed by atoms with van der Waals surface area (Å²) in [6.07, 6.45) is 1.27. The molecule has 0 spiro atoms. The molecule has 1 saturated heterocycles. The molecule has 2 aromatic rings. The summed E-state index contributed by atoms with van der Waals surface area (Å²) in [5, 5.41) is 9.44. The average Bonchev–Trinajstić information content (AvgIpc) is 3.11. The molecule has 1 fully saturated rings. The lowest BCUT2D eigenvalue weighted by molar-refractivity contribution is -0.142. The standard InChI is InChI=1S/C16H14BrF2NO2S/c17-14-6-5-13(23-14)15(10-4-3-9(18)8-11(10)19)20-7-1-2-12(20)16(21)22/h3-6,8,12,15H,1-2,7H2,(H,21,22). The number of benzene rings is 1. The van der Waals surface area contributed by atoms with E-state index in [9.17, 15) is 18.7 Å². The minimum Gasteiger partial charge on any atom is -0.480 e. The Bertz CT molecular complexity index is 737. The zero-order valence-electron chi connectivity index (χ0n) is 12.0. The molecule has 0 aliphatic carbocycles. The summed E-state index contributed by atoms with van der Waals surface area (Å²) in [5.41, 5.74) is 0.300. The molecule has 0 saturated carbocycles. The van der Waals surface area contributed by atoms with E-state index in [1.165, 1.54) is 23.5 Å². The topological polar surface area (TPSA) is 40.5 Å². The summed E-state index contributed by atoms with van der Waals surface area (Å²) in [6.45, 7) is 0.563. The summed E-state index contributed by atoms with van der Waals surface area (Å²) in [7, 11) is 0. The molecule has 23 heavy (non-hydrogen) atoms. The monoisotopic (exact) mass is 401 g/mol. The van der Waals surface area contributed by atoms with Crippen molar-refractivity contribution in [2.45, 2.75) is 24.9 Å². The van der Waals surface area contributed by atoms with Crippen LogP contribution in [0.3, 0.4) is 0 Å². The quantitative estimate of drug-likeness (QED) is 0.823. The number of hydrogen-bond donors (Lipinski definition) is 1. The predicted molar refractivity (Wildman–Crippen MR) is 87.6 cm³/mol. The van der Waals surface area contributed by atoms with Crippen LogP contribution in [0.1, 0.15) is 29.3 Å². The second-order valence-corrected chi connectivity index (χ2v) is 7.94. The molecular formula is C16H14BrF2NO2S. The van der Waals surface area contributed by atoms with Crippen LogP contribution in [-0.4, -0.2) is 28.6 Å². The average molecular weight is 402 g/mol. The van der Waals surface area contributed by atoms with Crippen LogP contribution in [0.2, 0.25) is 0 Å². The number of carboxylic acid groups (broad SMARTS) is 1. The highest BCUT2D eigenvalue weighted by atomic mass is 79.9. The van der Waals surface area contributed by atoms with Gasteiger partial charge in [-0.05, 0) is 47.0 Å². The highest BCUT2D eigenvalue weighted by Gasteiger charge is 2.38. The second kappa shape index (κ2) is 6.67. The van der Waals surface area contributed by atoms with Gasteiger partial charge in [-0.3, -0.25) is 9.69 Å². The SMILES string of the molecule is O=C(O)C1CCCN1C(c1ccc(Br)s1)c1ccc(F)cc1F. The van der Waals surface area contributed by atoms with Crippen LogP contribution in [0.25, 0.3) is 0 Å². The number of halogens is 3. The number of carboxylic acids is 1. The van der Waals surface area contributed by atoms with E-state index in [1.54, 1.807) is 4.90 Å². The first kappa shape index (κ1) is 16.5. The zero-order chi connectivity index (χ0) is 16.6. The molecule has 2 unspecified atom stereocenters. The van der Waals surface area contributed by atoms with Crippen LogP contribution in [-0.2, 0) is 4.79 Å². The van der Waals surface area contributed by atoms with Gasteiger partial charge < -0.3 is 5.11 Å². The maximum atomic E-state index is 14.4. The van der Waals surface area contributed by atoms with E-state index in [1.807, 2.05) is 12.1 Å². The summed E-state index contributed by atoms with van der Waals surface area (Å²) >= 11 is 4.81. The number of rotatable bonds is 4. The number of likely N-dealkylation sites (tertiary alicyclic amines) is 1. The van der Waals surface area contributed by atoms with Gasteiger partial charge in [-0.15, -0.1) is 11.3 Å². The number of carbonyl (C=O) groups is 1. The zero-order valence-corrected chi connectivity index (χ0v) is 14.4. The molecule has 1 aromatic carbocycles. The molecule has 7 heteroatoms. The molecular weight excluding hydrogens is 388 g/mol. The van der Waals surface area contributed by atoms with E-state index >= 15 is 0 Å². The second-order valence-electron chi connectivity index (χ2n) is 5.44. The van der Waals surface area contributed by atoms with Crippen LogP contribution in [0, 0.1) is 11.6 Å². The summed E-state index contributed by atoms with van der Waals surface area (Å²) in [6, 6.07) is 5.96. The van der Waals surface area contributed by atoms with Crippen molar-refractivity contribution in [1.29, 1.82) is 0 Å². The van der Waals surface area contributed by atoms with Crippen molar-refractivity contribution in [2.24, 2.45) is 0 Å². The molecule has 1 N–H and O–H groups in total. The van der Waals surface area contributed by atoms with Crippen LogP contribution < -0.4 is 0 Å². The van der Waals surface area contributed by atoms with Crippen molar-refractivity contribution in [1.82, 2.24) is 4.90 Å². The molecule has 3 nitrogen and oxygen atoms in total. The third-order valence-electron chi connectivity index (χ3n) is 4.03. The van der Waals surface area contributed by atoms with Gasteiger partial charge in [0.15, 0.2) is 0 Å². The molecule has 2 heterocycles. The molecule has 2 atom stereocenters. The summed E-state index contributed by atoms with van der Waals surface area (Å²) in [4.78, 5) is 14.1. The Morgan fingerprint density at radius 2 is 2.13 bits per heavy atom. The summed E-state index contributed by atoms with van der Waals surface area (Å²) in [5.74, 6) is -2.21. The van der Waals surface area contributed by atoms with Gasteiger partial charge in [0.1, 0.15) is 17.7 Å². The molecule has 1 aliphatic heterocycles. The minimum atomic E-state index is -0.911. The fourth-order valence-corrected chi connectivity index (χ4v) is 4.62. The molecule has 1 aliphatic rings. The number of aliphatic carboxylic acids is 1. The Morgan fingerprint density at radius 1 is 1.35 bits per heavy atom. The molecule has 3 rings (SSSR count). The Hall–Kier alpha value is -1.31. The Labute approximate surface area is 144 Å². The highest BCUT2D eigenvalue weighted by molar-refractivity contribution is 9.11. The first-order valence-corrected chi connectivity index (χ1v) is 8.77. The van der Waals surface area contributed by atoms with Crippen LogP contribution in [0.5, 0.6) is 0 Å². The van der Waals surface area contributed by atoms with Crippen molar-refractivity contribution in [3.8, 4) is 0 Å². The number of nitrogens with zero attached hydrogens (tertiary/aromatic N) is 1. The molecule has 122 valence electrons. The molecule has 1 aromatic heterocycles.